The Hall–Kier alpha value is -2.12. The molecule has 0 saturated heterocycles. The molecule has 0 unspecified atom stereocenters. The lowest BCUT2D eigenvalue weighted by molar-refractivity contribution is -0.620. The Kier molecular flexibility index (Phi) is 3.05. The van der Waals surface area contributed by atoms with Crippen LogP contribution in [-0.4, -0.2) is 20.1 Å². The largest absolute Gasteiger partial charge is 0.458 e. The first-order valence-electron chi connectivity index (χ1n) is 6.58. The second-order valence-electron chi connectivity index (χ2n) is 4.87. The van der Waals surface area contributed by atoms with Gasteiger partial charge >= 0.3 is 5.78 Å². The van der Waals surface area contributed by atoms with Gasteiger partial charge in [-0.1, -0.05) is 21.6 Å². The highest BCUT2D eigenvalue weighted by atomic mass is 35.5. The third-order valence-electron chi connectivity index (χ3n) is 3.09. The lowest BCUT2D eigenvalue weighted by atomic mass is 10.3. The SMILES string of the molecule is Cc1cc(Sc2nc3cc(Cl)ccc3o2)[n+]2[nH]c(C)nc2n1. The van der Waals surface area contributed by atoms with Crippen LogP contribution in [0.15, 0.2) is 38.9 Å². The normalized spacial score (nSPS) is 11.6. The Labute approximate surface area is 134 Å². The molecule has 4 rings (SSSR count). The number of aromatic nitrogens is 5. The summed E-state index contributed by atoms with van der Waals surface area (Å²) in [6, 6.07) is 7.34. The van der Waals surface area contributed by atoms with E-state index in [1.54, 1.807) is 12.1 Å². The van der Waals surface area contributed by atoms with E-state index >= 15 is 0 Å². The summed E-state index contributed by atoms with van der Waals surface area (Å²) in [5.41, 5.74) is 2.33. The summed E-state index contributed by atoms with van der Waals surface area (Å²) in [6.45, 7) is 3.82. The van der Waals surface area contributed by atoms with Crippen LogP contribution >= 0.6 is 23.4 Å². The molecule has 8 heteroatoms. The molecular formula is C14H11ClN5OS+. The van der Waals surface area contributed by atoms with Crippen LogP contribution in [0.3, 0.4) is 0 Å². The summed E-state index contributed by atoms with van der Waals surface area (Å²) >= 11 is 7.38. The summed E-state index contributed by atoms with van der Waals surface area (Å²) in [6.07, 6.45) is 0. The highest BCUT2D eigenvalue weighted by Crippen LogP contribution is 2.29. The van der Waals surface area contributed by atoms with Gasteiger partial charge in [0.05, 0.1) is 0 Å². The number of halogens is 1. The summed E-state index contributed by atoms with van der Waals surface area (Å²) < 4.78 is 7.56. The highest BCUT2D eigenvalue weighted by molar-refractivity contribution is 7.98. The fourth-order valence-corrected chi connectivity index (χ4v) is 3.26. The predicted octanol–water partition coefficient (Wildman–Crippen LogP) is 3.11. The average molecular weight is 333 g/mol. The Balaban J connectivity index is 1.81. The number of hydrogen-bond acceptors (Lipinski definition) is 5. The van der Waals surface area contributed by atoms with Crippen LogP contribution in [-0.2, 0) is 0 Å². The Morgan fingerprint density at radius 2 is 2.05 bits per heavy atom. The van der Waals surface area contributed by atoms with Crippen LogP contribution in [0.2, 0.25) is 5.02 Å². The van der Waals surface area contributed by atoms with Gasteiger partial charge in [-0.25, -0.2) is 10.1 Å². The van der Waals surface area contributed by atoms with Crippen molar-refractivity contribution >= 4 is 40.2 Å². The number of rotatable bonds is 2. The number of nitrogens with zero attached hydrogens (tertiary/aromatic N) is 4. The van der Waals surface area contributed by atoms with E-state index in [1.807, 2.05) is 30.5 Å². The summed E-state index contributed by atoms with van der Waals surface area (Å²) in [5, 5.41) is 5.23. The first-order chi connectivity index (χ1) is 10.6. The van der Waals surface area contributed by atoms with E-state index in [0.717, 1.165) is 22.1 Å². The molecule has 0 bridgehead atoms. The second-order valence-corrected chi connectivity index (χ2v) is 6.28. The van der Waals surface area contributed by atoms with Crippen molar-refractivity contribution in [2.45, 2.75) is 24.1 Å². The van der Waals surface area contributed by atoms with Crippen molar-refractivity contribution in [1.82, 2.24) is 20.1 Å². The van der Waals surface area contributed by atoms with Crippen molar-refractivity contribution in [1.29, 1.82) is 0 Å². The van der Waals surface area contributed by atoms with Gasteiger partial charge in [-0.15, -0.1) is 4.52 Å². The topological polar surface area (TPSA) is 71.7 Å². The molecule has 0 spiro atoms. The summed E-state index contributed by atoms with van der Waals surface area (Å²) in [5.74, 6) is 1.42. The Bertz CT molecular complexity index is 1010. The number of aryl methyl sites for hydroxylation is 2. The van der Waals surface area contributed by atoms with Gasteiger partial charge in [0.2, 0.25) is 5.82 Å². The molecule has 1 aromatic carbocycles. The predicted molar refractivity (Wildman–Crippen MR) is 82.2 cm³/mol. The quantitative estimate of drug-likeness (QED) is 0.451. The molecule has 0 aliphatic rings. The monoisotopic (exact) mass is 332 g/mol. The van der Waals surface area contributed by atoms with Crippen molar-refractivity contribution in [3.05, 3.63) is 40.8 Å². The number of aromatic amines is 1. The zero-order valence-corrected chi connectivity index (χ0v) is 13.4. The van der Waals surface area contributed by atoms with Crippen LogP contribution in [0.25, 0.3) is 16.9 Å². The van der Waals surface area contributed by atoms with E-state index in [0.29, 0.717) is 21.6 Å². The molecule has 0 fully saturated rings. The molecule has 1 N–H and O–H groups in total. The lowest BCUT2D eigenvalue weighted by Crippen LogP contribution is -2.27. The molecule has 0 radical (unpaired) electrons. The molecule has 110 valence electrons. The lowest BCUT2D eigenvalue weighted by Gasteiger charge is -1.96. The highest BCUT2D eigenvalue weighted by Gasteiger charge is 2.19. The third kappa shape index (κ3) is 2.32. The van der Waals surface area contributed by atoms with Gasteiger partial charge in [-0.2, -0.15) is 0 Å². The van der Waals surface area contributed by atoms with E-state index in [4.69, 9.17) is 16.0 Å². The summed E-state index contributed by atoms with van der Waals surface area (Å²) in [7, 11) is 0. The van der Waals surface area contributed by atoms with E-state index in [1.165, 1.54) is 11.8 Å². The van der Waals surface area contributed by atoms with Gasteiger partial charge in [-0.3, -0.25) is 0 Å². The Morgan fingerprint density at radius 3 is 2.91 bits per heavy atom. The van der Waals surface area contributed by atoms with Crippen LogP contribution in [0.4, 0.5) is 0 Å². The molecular weight excluding hydrogens is 322 g/mol. The molecule has 4 aromatic rings. The third-order valence-corrected chi connectivity index (χ3v) is 4.19. The maximum Gasteiger partial charge on any atom is 0.458 e. The van der Waals surface area contributed by atoms with E-state index in [2.05, 4.69) is 20.1 Å². The van der Waals surface area contributed by atoms with Crippen molar-refractivity contribution < 1.29 is 8.93 Å². The molecule has 0 aliphatic carbocycles. The molecule has 0 atom stereocenters. The second kappa shape index (κ2) is 4.96. The zero-order chi connectivity index (χ0) is 15.3. The Morgan fingerprint density at radius 1 is 1.18 bits per heavy atom. The van der Waals surface area contributed by atoms with Crippen LogP contribution in [0, 0.1) is 13.8 Å². The number of nitrogens with one attached hydrogen (secondary N) is 1. The van der Waals surface area contributed by atoms with Gasteiger partial charge < -0.3 is 4.42 Å². The fourth-order valence-electron chi connectivity index (χ4n) is 2.19. The molecule has 22 heavy (non-hydrogen) atoms. The summed E-state index contributed by atoms with van der Waals surface area (Å²) in [4.78, 5) is 13.2. The maximum absolute atomic E-state index is 5.98. The first-order valence-corrected chi connectivity index (χ1v) is 7.78. The van der Waals surface area contributed by atoms with Crippen LogP contribution in [0.5, 0.6) is 0 Å². The van der Waals surface area contributed by atoms with Crippen molar-refractivity contribution in [3.63, 3.8) is 0 Å². The van der Waals surface area contributed by atoms with E-state index in [-0.39, 0.29) is 0 Å². The number of oxazole rings is 1. The number of H-pyrrole nitrogens is 1. The van der Waals surface area contributed by atoms with Gasteiger partial charge in [0.15, 0.2) is 10.6 Å². The number of fused-ring (bicyclic) bond motifs is 2. The molecule has 0 saturated carbocycles. The minimum absolute atomic E-state index is 0.545. The molecule has 0 aliphatic heterocycles. The molecule has 0 amide bonds. The van der Waals surface area contributed by atoms with Crippen molar-refractivity contribution in [3.8, 4) is 0 Å². The van der Waals surface area contributed by atoms with Gasteiger partial charge in [0.1, 0.15) is 11.2 Å². The van der Waals surface area contributed by atoms with Crippen LogP contribution in [0.1, 0.15) is 11.5 Å². The zero-order valence-electron chi connectivity index (χ0n) is 11.8. The van der Waals surface area contributed by atoms with Gasteiger partial charge in [0, 0.05) is 29.8 Å². The number of hydrogen-bond donors (Lipinski definition) is 1. The van der Waals surface area contributed by atoms with Gasteiger partial charge in [0.25, 0.3) is 5.22 Å². The van der Waals surface area contributed by atoms with E-state index < -0.39 is 0 Å². The molecule has 6 nitrogen and oxygen atoms in total. The first kappa shape index (κ1) is 13.5. The van der Waals surface area contributed by atoms with Crippen molar-refractivity contribution in [2.75, 3.05) is 0 Å². The van der Waals surface area contributed by atoms with E-state index in [9.17, 15) is 0 Å². The van der Waals surface area contributed by atoms with Gasteiger partial charge in [-0.05, 0) is 25.1 Å². The molecule has 3 aromatic heterocycles. The minimum Gasteiger partial charge on any atom is -0.431 e. The average Bonchev–Trinajstić information content (AvgIpc) is 3.00. The van der Waals surface area contributed by atoms with Crippen molar-refractivity contribution in [2.24, 2.45) is 0 Å². The van der Waals surface area contributed by atoms with Crippen LogP contribution < -0.4 is 4.52 Å². The minimum atomic E-state index is 0.545. The fraction of sp³-hybridized carbons (Fsp3) is 0.143. The standard InChI is InChI=1S/C14H10ClN5OS/c1-7-5-12(20-13(16-7)17-8(2)19-20)22-14-18-10-6-9(15)3-4-11(10)21-14/h3-6H,1-2H3/p+1. The smallest absolute Gasteiger partial charge is 0.431 e. The number of benzene rings is 1. The maximum atomic E-state index is 5.98. The molecule has 3 heterocycles.